The SMILES string of the molecule is COc1ccc(OCC2(CS(=O)(=O)Cl)CCCCC2)cc1. The van der Waals surface area contributed by atoms with Gasteiger partial charge >= 0.3 is 0 Å². The van der Waals surface area contributed by atoms with Crippen LogP contribution in [-0.2, 0) is 9.05 Å². The molecular weight excluding hydrogens is 312 g/mol. The van der Waals surface area contributed by atoms with Crippen LogP contribution in [0, 0.1) is 5.41 Å². The first-order valence-corrected chi connectivity index (χ1v) is 9.60. The number of halogens is 1. The molecule has 0 atom stereocenters. The van der Waals surface area contributed by atoms with Gasteiger partial charge in [-0.1, -0.05) is 19.3 Å². The van der Waals surface area contributed by atoms with Crippen molar-refractivity contribution in [2.24, 2.45) is 5.41 Å². The van der Waals surface area contributed by atoms with Gasteiger partial charge in [0.1, 0.15) is 11.5 Å². The number of hydrogen-bond acceptors (Lipinski definition) is 4. The highest BCUT2D eigenvalue weighted by Crippen LogP contribution is 2.38. The van der Waals surface area contributed by atoms with Crippen molar-refractivity contribution in [1.29, 1.82) is 0 Å². The molecule has 0 N–H and O–H groups in total. The van der Waals surface area contributed by atoms with Crippen LogP contribution >= 0.6 is 10.7 Å². The molecule has 1 aliphatic carbocycles. The molecule has 21 heavy (non-hydrogen) atoms. The summed E-state index contributed by atoms with van der Waals surface area (Å²) in [6.07, 6.45) is 4.88. The average Bonchev–Trinajstić information content (AvgIpc) is 2.45. The Bertz CT molecular complexity index is 548. The highest BCUT2D eigenvalue weighted by Gasteiger charge is 2.37. The molecule has 6 heteroatoms. The Labute approximate surface area is 130 Å². The third-order valence-corrected chi connectivity index (χ3v) is 5.28. The minimum absolute atomic E-state index is 0.0162. The maximum atomic E-state index is 11.5. The quantitative estimate of drug-likeness (QED) is 0.747. The minimum Gasteiger partial charge on any atom is -0.497 e. The Balaban J connectivity index is 2.04. The van der Waals surface area contributed by atoms with E-state index in [1.807, 2.05) is 24.3 Å². The molecule has 118 valence electrons. The van der Waals surface area contributed by atoms with Crippen molar-refractivity contribution in [3.05, 3.63) is 24.3 Å². The summed E-state index contributed by atoms with van der Waals surface area (Å²) < 4.78 is 33.9. The van der Waals surface area contributed by atoms with Crippen LogP contribution in [0.3, 0.4) is 0 Å². The highest BCUT2D eigenvalue weighted by atomic mass is 35.7. The van der Waals surface area contributed by atoms with Gasteiger partial charge in [-0.25, -0.2) is 8.42 Å². The fraction of sp³-hybridized carbons (Fsp3) is 0.600. The number of rotatable bonds is 6. The maximum absolute atomic E-state index is 11.5. The van der Waals surface area contributed by atoms with Gasteiger partial charge < -0.3 is 9.47 Å². The first-order valence-electron chi connectivity index (χ1n) is 7.12. The van der Waals surface area contributed by atoms with Gasteiger partial charge in [-0.2, -0.15) is 0 Å². The van der Waals surface area contributed by atoms with Crippen molar-refractivity contribution in [1.82, 2.24) is 0 Å². The van der Waals surface area contributed by atoms with Crippen LogP contribution in [0.1, 0.15) is 32.1 Å². The summed E-state index contributed by atoms with van der Waals surface area (Å²) in [5.74, 6) is 1.46. The Morgan fingerprint density at radius 1 is 1.10 bits per heavy atom. The van der Waals surface area contributed by atoms with Crippen molar-refractivity contribution in [2.45, 2.75) is 32.1 Å². The fourth-order valence-corrected chi connectivity index (χ4v) is 4.70. The molecule has 0 spiro atoms. The van der Waals surface area contributed by atoms with Gasteiger partial charge in [0.05, 0.1) is 19.5 Å². The van der Waals surface area contributed by atoms with E-state index in [0.29, 0.717) is 12.4 Å². The minimum atomic E-state index is -3.53. The van der Waals surface area contributed by atoms with Crippen LogP contribution in [-0.4, -0.2) is 27.9 Å². The van der Waals surface area contributed by atoms with Crippen LogP contribution in [0.2, 0.25) is 0 Å². The molecule has 0 bridgehead atoms. The Morgan fingerprint density at radius 3 is 2.19 bits per heavy atom. The lowest BCUT2D eigenvalue weighted by atomic mass is 9.76. The molecule has 0 radical (unpaired) electrons. The van der Waals surface area contributed by atoms with Crippen molar-refractivity contribution >= 4 is 19.7 Å². The van der Waals surface area contributed by atoms with Gasteiger partial charge in [0.25, 0.3) is 0 Å². The largest absolute Gasteiger partial charge is 0.497 e. The summed E-state index contributed by atoms with van der Waals surface area (Å²) in [6, 6.07) is 7.29. The van der Waals surface area contributed by atoms with Gasteiger partial charge in [0.2, 0.25) is 9.05 Å². The fourth-order valence-electron chi connectivity index (χ4n) is 2.91. The van der Waals surface area contributed by atoms with Crippen molar-refractivity contribution in [3.8, 4) is 11.5 Å². The predicted molar refractivity (Wildman–Crippen MR) is 83.6 cm³/mol. The van der Waals surface area contributed by atoms with Gasteiger partial charge in [-0.15, -0.1) is 0 Å². The van der Waals surface area contributed by atoms with Crippen molar-refractivity contribution in [3.63, 3.8) is 0 Å². The highest BCUT2D eigenvalue weighted by molar-refractivity contribution is 8.13. The molecule has 2 rings (SSSR count). The second-order valence-electron chi connectivity index (χ2n) is 5.71. The smallest absolute Gasteiger partial charge is 0.233 e. The monoisotopic (exact) mass is 332 g/mol. The van der Waals surface area contributed by atoms with Crippen LogP contribution in [0.4, 0.5) is 0 Å². The third kappa shape index (κ3) is 5.08. The lowest BCUT2D eigenvalue weighted by Gasteiger charge is -2.35. The van der Waals surface area contributed by atoms with Gasteiger partial charge in [0.15, 0.2) is 0 Å². The van der Waals surface area contributed by atoms with Gasteiger partial charge in [0, 0.05) is 16.1 Å². The molecule has 4 nitrogen and oxygen atoms in total. The van der Waals surface area contributed by atoms with Gasteiger partial charge in [-0.3, -0.25) is 0 Å². The summed E-state index contributed by atoms with van der Waals surface area (Å²) in [5, 5.41) is 0. The van der Waals surface area contributed by atoms with E-state index in [0.717, 1.165) is 37.9 Å². The van der Waals surface area contributed by atoms with Crippen LogP contribution in [0.15, 0.2) is 24.3 Å². The predicted octanol–water partition coefficient (Wildman–Crippen LogP) is 3.59. The Kier molecular flexibility index (Phi) is 5.38. The van der Waals surface area contributed by atoms with E-state index < -0.39 is 9.05 Å². The molecule has 0 heterocycles. The molecule has 0 unspecified atom stereocenters. The van der Waals surface area contributed by atoms with Crippen LogP contribution in [0.25, 0.3) is 0 Å². The molecule has 1 aromatic carbocycles. The van der Waals surface area contributed by atoms with E-state index in [-0.39, 0.29) is 11.2 Å². The number of methoxy groups -OCH3 is 1. The Morgan fingerprint density at radius 2 is 1.67 bits per heavy atom. The van der Waals surface area contributed by atoms with E-state index in [9.17, 15) is 8.42 Å². The van der Waals surface area contributed by atoms with Crippen LogP contribution < -0.4 is 9.47 Å². The molecule has 0 aromatic heterocycles. The molecule has 1 saturated carbocycles. The Hall–Kier alpha value is -0.940. The zero-order chi connectivity index (χ0) is 15.3. The average molecular weight is 333 g/mol. The third-order valence-electron chi connectivity index (χ3n) is 4.00. The van der Waals surface area contributed by atoms with Crippen molar-refractivity contribution in [2.75, 3.05) is 19.5 Å². The number of hydrogen-bond donors (Lipinski definition) is 0. The first-order chi connectivity index (χ1) is 9.92. The second kappa shape index (κ2) is 6.88. The molecule has 1 aliphatic rings. The number of ether oxygens (including phenoxy) is 2. The summed E-state index contributed by atoms with van der Waals surface area (Å²) in [5.41, 5.74) is -0.362. The first kappa shape index (κ1) is 16.4. The second-order valence-corrected chi connectivity index (χ2v) is 8.48. The standard InChI is InChI=1S/C15H21ClO4S/c1-19-13-5-7-14(8-6-13)20-11-15(12-21(16,17)18)9-3-2-4-10-15/h5-8H,2-4,9-12H2,1H3. The zero-order valence-electron chi connectivity index (χ0n) is 12.2. The van der Waals surface area contributed by atoms with E-state index >= 15 is 0 Å². The molecule has 0 amide bonds. The molecule has 1 fully saturated rings. The van der Waals surface area contributed by atoms with Crippen molar-refractivity contribution < 1.29 is 17.9 Å². The molecule has 0 aliphatic heterocycles. The molecule has 1 aromatic rings. The topological polar surface area (TPSA) is 52.6 Å². The molecule has 0 saturated heterocycles. The lowest BCUT2D eigenvalue weighted by molar-refractivity contribution is 0.119. The van der Waals surface area contributed by atoms with Gasteiger partial charge in [-0.05, 0) is 37.1 Å². The zero-order valence-corrected chi connectivity index (χ0v) is 13.8. The van der Waals surface area contributed by atoms with Crippen LogP contribution in [0.5, 0.6) is 11.5 Å². The molecular formula is C15H21ClO4S. The summed E-state index contributed by atoms with van der Waals surface area (Å²) in [4.78, 5) is 0. The van der Waals surface area contributed by atoms with E-state index in [1.165, 1.54) is 0 Å². The maximum Gasteiger partial charge on any atom is 0.233 e. The summed E-state index contributed by atoms with van der Waals surface area (Å²) in [7, 11) is 3.56. The lowest BCUT2D eigenvalue weighted by Crippen LogP contribution is -2.36. The van der Waals surface area contributed by atoms with E-state index in [2.05, 4.69) is 0 Å². The van der Waals surface area contributed by atoms with E-state index in [1.54, 1.807) is 7.11 Å². The number of benzene rings is 1. The summed E-state index contributed by atoms with van der Waals surface area (Å²) >= 11 is 0. The van der Waals surface area contributed by atoms with E-state index in [4.69, 9.17) is 20.2 Å². The summed E-state index contributed by atoms with van der Waals surface area (Å²) in [6.45, 7) is 0.380. The normalized spacial score (nSPS) is 18.2.